The van der Waals surface area contributed by atoms with Gasteiger partial charge in [-0.3, -0.25) is 10.1 Å². The Kier molecular flexibility index (Phi) is 14.1. The summed E-state index contributed by atoms with van der Waals surface area (Å²) in [5.74, 6) is 0.730. The third kappa shape index (κ3) is 9.94. The number of carbonyl (C=O) groups excluding carboxylic acids is 2. The molecule has 0 saturated carbocycles. The number of benzene rings is 1. The molecule has 1 aromatic carbocycles. The predicted molar refractivity (Wildman–Crippen MR) is 161 cm³/mol. The number of likely N-dealkylation sites (N-methyl/N-ethyl adjacent to an activating group) is 1. The van der Waals surface area contributed by atoms with Gasteiger partial charge >= 0.3 is 6.03 Å². The van der Waals surface area contributed by atoms with E-state index in [0.29, 0.717) is 0 Å². The van der Waals surface area contributed by atoms with Gasteiger partial charge in [-0.1, -0.05) is 132 Å². The van der Waals surface area contributed by atoms with E-state index in [1.54, 1.807) is 23.7 Å². The van der Waals surface area contributed by atoms with Gasteiger partial charge in [0, 0.05) is 19.3 Å². The molecule has 6 nitrogen and oxygen atoms in total. The fourth-order valence-corrected chi connectivity index (χ4v) is 6.44. The minimum atomic E-state index is -0.417. The van der Waals surface area contributed by atoms with Crippen LogP contribution in [0.5, 0.6) is 0 Å². The number of unbranched alkanes of at least 4 members (excludes halogenated alkanes) is 13. The summed E-state index contributed by atoms with van der Waals surface area (Å²) in [6.07, 6.45) is 20.3. The van der Waals surface area contributed by atoms with Crippen LogP contribution in [-0.4, -0.2) is 58.5 Å². The van der Waals surface area contributed by atoms with Crippen LogP contribution in [0.2, 0.25) is 0 Å². The SMILES string of the molecule is CCCCCCCCCCCCCCCCN1C(SCCCc2ccccc2)=NC2C1C(=O)NC(=O)N2C. The van der Waals surface area contributed by atoms with Gasteiger partial charge in [-0.05, 0) is 24.8 Å². The number of amidine groups is 1. The molecule has 0 bridgehead atoms. The van der Waals surface area contributed by atoms with Crippen LogP contribution in [0.25, 0.3) is 0 Å². The first-order valence-corrected chi connectivity index (χ1v) is 16.2. The maximum absolute atomic E-state index is 12.8. The topological polar surface area (TPSA) is 65.0 Å². The van der Waals surface area contributed by atoms with E-state index in [2.05, 4.69) is 41.4 Å². The van der Waals surface area contributed by atoms with Crippen molar-refractivity contribution in [3.8, 4) is 0 Å². The lowest BCUT2D eigenvalue weighted by Gasteiger charge is -2.36. The highest BCUT2D eigenvalue weighted by molar-refractivity contribution is 8.13. The summed E-state index contributed by atoms with van der Waals surface area (Å²) >= 11 is 1.73. The predicted octanol–water partition coefficient (Wildman–Crippen LogP) is 7.38. The molecule has 1 saturated heterocycles. The van der Waals surface area contributed by atoms with Gasteiger partial charge in [0.25, 0.3) is 5.91 Å². The van der Waals surface area contributed by atoms with Crippen molar-refractivity contribution in [1.82, 2.24) is 15.1 Å². The lowest BCUT2D eigenvalue weighted by atomic mass is 10.0. The third-order valence-electron chi connectivity index (χ3n) is 7.76. The van der Waals surface area contributed by atoms with Crippen molar-refractivity contribution < 1.29 is 9.59 Å². The summed E-state index contributed by atoms with van der Waals surface area (Å²) in [7, 11) is 1.73. The van der Waals surface area contributed by atoms with Gasteiger partial charge < -0.3 is 9.80 Å². The normalized spacial score (nSPS) is 19.1. The molecule has 2 atom stereocenters. The maximum atomic E-state index is 12.8. The van der Waals surface area contributed by atoms with Gasteiger partial charge in [0.2, 0.25) is 0 Å². The van der Waals surface area contributed by atoms with Crippen LogP contribution in [0.4, 0.5) is 4.79 Å². The molecule has 2 aliphatic heterocycles. The van der Waals surface area contributed by atoms with E-state index >= 15 is 0 Å². The van der Waals surface area contributed by atoms with Crippen LogP contribution < -0.4 is 5.32 Å². The van der Waals surface area contributed by atoms with Gasteiger partial charge in [-0.15, -0.1) is 0 Å². The largest absolute Gasteiger partial charge is 0.336 e. The van der Waals surface area contributed by atoms with Crippen molar-refractivity contribution in [2.75, 3.05) is 19.3 Å². The fraction of sp³-hybridized carbons (Fsp3) is 0.710. The Hall–Kier alpha value is -2.02. The van der Waals surface area contributed by atoms with Crippen molar-refractivity contribution in [3.63, 3.8) is 0 Å². The highest BCUT2D eigenvalue weighted by Crippen LogP contribution is 2.29. The number of hydrogen-bond donors (Lipinski definition) is 1. The summed E-state index contributed by atoms with van der Waals surface area (Å²) in [6.45, 7) is 3.10. The van der Waals surface area contributed by atoms with E-state index in [1.165, 1.54) is 89.0 Å². The summed E-state index contributed by atoms with van der Waals surface area (Å²) in [5.41, 5.74) is 1.35. The number of fused-ring (bicyclic) bond motifs is 1. The molecule has 2 heterocycles. The number of nitrogens with one attached hydrogen (secondary N) is 1. The highest BCUT2D eigenvalue weighted by Gasteiger charge is 2.48. The Bertz CT molecular complexity index is 863. The zero-order chi connectivity index (χ0) is 27.0. The van der Waals surface area contributed by atoms with Crippen molar-refractivity contribution in [2.24, 2.45) is 4.99 Å². The van der Waals surface area contributed by atoms with Crippen LogP contribution in [0.1, 0.15) is 109 Å². The monoisotopic (exact) mass is 542 g/mol. The number of carbonyl (C=O) groups is 2. The molecule has 3 amide bonds. The third-order valence-corrected chi connectivity index (χ3v) is 8.85. The number of amides is 3. The van der Waals surface area contributed by atoms with Crippen molar-refractivity contribution in [3.05, 3.63) is 35.9 Å². The average molecular weight is 543 g/mol. The van der Waals surface area contributed by atoms with Crippen LogP contribution in [0, 0.1) is 0 Å². The molecule has 38 heavy (non-hydrogen) atoms. The highest BCUT2D eigenvalue weighted by atomic mass is 32.2. The van der Waals surface area contributed by atoms with E-state index in [1.807, 2.05) is 6.07 Å². The first-order valence-electron chi connectivity index (χ1n) is 15.2. The Morgan fingerprint density at radius 2 is 1.39 bits per heavy atom. The molecule has 1 N–H and O–H groups in total. The Balaban J connectivity index is 1.34. The fourth-order valence-electron chi connectivity index (χ4n) is 5.42. The Labute approximate surface area is 235 Å². The lowest BCUT2D eigenvalue weighted by Crippen LogP contribution is -2.63. The number of aryl methyl sites for hydroxylation is 1. The number of hydrogen-bond acceptors (Lipinski definition) is 5. The second-order valence-corrected chi connectivity index (χ2v) is 12.0. The number of nitrogens with zero attached hydrogens (tertiary/aromatic N) is 3. The number of aliphatic imine (C=N–C) groups is 1. The van der Waals surface area contributed by atoms with E-state index in [9.17, 15) is 9.59 Å². The van der Waals surface area contributed by atoms with Crippen LogP contribution in [0.3, 0.4) is 0 Å². The second kappa shape index (κ2) is 17.5. The summed E-state index contributed by atoms with van der Waals surface area (Å²) < 4.78 is 0. The molecular formula is C31H50N4O2S. The number of imide groups is 1. The maximum Gasteiger partial charge on any atom is 0.325 e. The molecule has 7 heteroatoms. The van der Waals surface area contributed by atoms with Gasteiger partial charge in [0.15, 0.2) is 17.4 Å². The van der Waals surface area contributed by atoms with Gasteiger partial charge in [-0.2, -0.15) is 0 Å². The van der Waals surface area contributed by atoms with Crippen LogP contribution >= 0.6 is 11.8 Å². The zero-order valence-corrected chi connectivity index (χ0v) is 24.7. The summed E-state index contributed by atoms with van der Waals surface area (Å²) in [4.78, 5) is 33.5. The summed E-state index contributed by atoms with van der Waals surface area (Å²) in [6, 6.07) is 9.78. The standard InChI is InChI=1S/C31H50N4O2S/c1-3-4-5-6-7-8-9-10-11-12-13-14-15-19-24-35-27-28(34(2)30(37)33-29(27)36)32-31(35)38-25-20-23-26-21-17-16-18-22-26/h16-18,21-22,27-28H,3-15,19-20,23-25H2,1-2H3,(H,33,36,37). The molecule has 1 aromatic rings. The first kappa shape index (κ1) is 30.5. The lowest BCUT2D eigenvalue weighted by molar-refractivity contribution is -0.127. The van der Waals surface area contributed by atoms with E-state index < -0.39 is 12.2 Å². The molecule has 2 unspecified atom stereocenters. The number of rotatable bonds is 19. The smallest absolute Gasteiger partial charge is 0.325 e. The van der Waals surface area contributed by atoms with E-state index in [-0.39, 0.29) is 11.9 Å². The minimum absolute atomic E-state index is 0.216. The minimum Gasteiger partial charge on any atom is -0.336 e. The van der Waals surface area contributed by atoms with Gasteiger partial charge in [-0.25, -0.2) is 9.79 Å². The molecule has 1 fully saturated rings. The van der Waals surface area contributed by atoms with Crippen molar-refractivity contribution in [2.45, 2.75) is 122 Å². The average Bonchev–Trinajstić information content (AvgIpc) is 3.29. The molecule has 0 aromatic heterocycles. The van der Waals surface area contributed by atoms with E-state index in [4.69, 9.17) is 4.99 Å². The second-order valence-electron chi connectivity index (χ2n) is 10.9. The quantitative estimate of drug-likeness (QED) is 0.185. The molecule has 0 spiro atoms. The number of thioether (sulfide) groups is 1. The zero-order valence-electron chi connectivity index (χ0n) is 23.8. The Morgan fingerprint density at radius 3 is 2.00 bits per heavy atom. The number of urea groups is 1. The first-order chi connectivity index (χ1) is 18.6. The molecule has 3 rings (SSSR count). The molecular weight excluding hydrogens is 492 g/mol. The van der Waals surface area contributed by atoms with Gasteiger partial charge in [0.1, 0.15) is 0 Å². The molecule has 0 radical (unpaired) electrons. The molecule has 0 aliphatic carbocycles. The Morgan fingerprint density at radius 1 is 0.816 bits per heavy atom. The van der Waals surface area contributed by atoms with E-state index in [0.717, 1.165) is 36.7 Å². The van der Waals surface area contributed by atoms with Crippen molar-refractivity contribution in [1.29, 1.82) is 0 Å². The van der Waals surface area contributed by atoms with Gasteiger partial charge in [0.05, 0.1) is 0 Å². The van der Waals surface area contributed by atoms with Crippen LogP contribution in [0.15, 0.2) is 35.3 Å². The van der Waals surface area contributed by atoms with Crippen LogP contribution in [-0.2, 0) is 11.2 Å². The molecule has 212 valence electrons. The molecule has 2 aliphatic rings. The van der Waals surface area contributed by atoms with Crippen molar-refractivity contribution >= 4 is 28.9 Å². The summed E-state index contributed by atoms with van der Waals surface area (Å²) in [5, 5.41) is 3.43.